The first-order valence-electron chi connectivity index (χ1n) is 11.5. The number of fused-ring (bicyclic) bond motifs is 3. The quantitative estimate of drug-likeness (QED) is 0.348. The number of hydrogen-bond donors (Lipinski definition) is 2. The molecule has 5 rings (SSSR count). The summed E-state index contributed by atoms with van der Waals surface area (Å²) in [5.74, 6) is 2.39. The molecule has 36 heavy (non-hydrogen) atoms. The van der Waals surface area contributed by atoms with Crippen LogP contribution in [0.5, 0.6) is 28.7 Å². The topological polar surface area (TPSA) is 90.9 Å². The summed E-state index contributed by atoms with van der Waals surface area (Å²) in [5, 5.41) is 6.05. The molecular weight excluding hydrogens is 465 g/mol. The van der Waals surface area contributed by atoms with E-state index >= 15 is 0 Å². The van der Waals surface area contributed by atoms with E-state index in [1.807, 2.05) is 13.0 Å². The molecule has 2 heterocycles. The van der Waals surface area contributed by atoms with Crippen molar-refractivity contribution < 1.29 is 28.1 Å². The Morgan fingerprint density at radius 1 is 1.03 bits per heavy atom. The minimum absolute atomic E-state index is 0.0793. The summed E-state index contributed by atoms with van der Waals surface area (Å²) in [6, 6.07) is 16.3. The number of pyridine rings is 1. The number of nitrogens with one attached hydrogen (secondary N) is 2. The van der Waals surface area contributed by atoms with E-state index < -0.39 is 6.03 Å². The monoisotopic (exact) mass is 489 g/mol. The SMILES string of the molecule is CCOc1cc2nccc(Oc3ccc(NC(=O)NCc4ccccc4F)cc3)c2c2c1OCCO2. The number of hydrogen-bond acceptors (Lipinski definition) is 6. The maximum Gasteiger partial charge on any atom is 0.319 e. The van der Waals surface area contributed by atoms with Gasteiger partial charge in [0.2, 0.25) is 5.75 Å². The third kappa shape index (κ3) is 4.95. The molecule has 0 saturated heterocycles. The second-order valence-corrected chi connectivity index (χ2v) is 7.89. The molecule has 184 valence electrons. The highest BCUT2D eigenvalue weighted by molar-refractivity contribution is 5.95. The molecule has 0 radical (unpaired) electrons. The summed E-state index contributed by atoms with van der Waals surface area (Å²) >= 11 is 0. The van der Waals surface area contributed by atoms with E-state index in [-0.39, 0.29) is 12.4 Å². The third-order valence-corrected chi connectivity index (χ3v) is 5.48. The Morgan fingerprint density at radius 2 is 1.81 bits per heavy atom. The lowest BCUT2D eigenvalue weighted by Gasteiger charge is -2.23. The predicted molar refractivity (Wildman–Crippen MR) is 133 cm³/mol. The molecule has 0 unspecified atom stereocenters. The van der Waals surface area contributed by atoms with Crippen molar-refractivity contribution in [1.29, 1.82) is 0 Å². The van der Waals surface area contributed by atoms with Gasteiger partial charge in [0.15, 0.2) is 11.5 Å². The van der Waals surface area contributed by atoms with Crippen molar-refractivity contribution >= 4 is 22.6 Å². The summed E-state index contributed by atoms with van der Waals surface area (Å²) in [6.07, 6.45) is 1.65. The van der Waals surface area contributed by atoms with Crippen molar-refractivity contribution in [3.8, 4) is 28.7 Å². The van der Waals surface area contributed by atoms with Crippen LogP contribution >= 0.6 is 0 Å². The summed E-state index contributed by atoms with van der Waals surface area (Å²) in [5.41, 5.74) is 1.62. The minimum Gasteiger partial charge on any atom is -0.490 e. The second-order valence-electron chi connectivity index (χ2n) is 7.89. The molecule has 1 aromatic heterocycles. The van der Waals surface area contributed by atoms with Crippen molar-refractivity contribution in [3.63, 3.8) is 0 Å². The first-order valence-corrected chi connectivity index (χ1v) is 11.5. The number of halogens is 1. The highest BCUT2D eigenvalue weighted by Gasteiger charge is 2.24. The lowest BCUT2D eigenvalue weighted by atomic mass is 10.1. The maximum absolute atomic E-state index is 13.7. The van der Waals surface area contributed by atoms with Crippen LogP contribution in [0.15, 0.2) is 66.9 Å². The van der Waals surface area contributed by atoms with Gasteiger partial charge in [0.1, 0.15) is 30.5 Å². The zero-order valence-electron chi connectivity index (χ0n) is 19.5. The van der Waals surface area contributed by atoms with Crippen LogP contribution in [0.4, 0.5) is 14.9 Å². The van der Waals surface area contributed by atoms with Crippen LogP contribution < -0.4 is 29.6 Å². The van der Waals surface area contributed by atoms with E-state index in [9.17, 15) is 9.18 Å². The molecule has 9 heteroatoms. The average Bonchev–Trinajstić information content (AvgIpc) is 2.90. The van der Waals surface area contributed by atoms with E-state index in [4.69, 9.17) is 18.9 Å². The molecule has 3 aromatic carbocycles. The van der Waals surface area contributed by atoms with Crippen LogP contribution in [0, 0.1) is 5.82 Å². The molecule has 2 amide bonds. The smallest absolute Gasteiger partial charge is 0.319 e. The van der Waals surface area contributed by atoms with Crippen molar-refractivity contribution in [1.82, 2.24) is 10.3 Å². The van der Waals surface area contributed by atoms with Gasteiger partial charge in [-0.05, 0) is 43.3 Å². The number of carbonyl (C=O) groups is 1. The fourth-order valence-electron chi connectivity index (χ4n) is 3.85. The Kier molecular flexibility index (Phi) is 6.70. The molecule has 1 aliphatic heterocycles. The number of carbonyl (C=O) groups excluding carboxylic acids is 1. The maximum atomic E-state index is 13.7. The van der Waals surface area contributed by atoms with Crippen LogP contribution in [0.25, 0.3) is 10.9 Å². The van der Waals surface area contributed by atoms with Gasteiger partial charge >= 0.3 is 6.03 Å². The van der Waals surface area contributed by atoms with E-state index in [0.717, 1.165) is 0 Å². The van der Waals surface area contributed by atoms with Crippen LogP contribution in [0.3, 0.4) is 0 Å². The van der Waals surface area contributed by atoms with E-state index in [0.29, 0.717) is 70.7 Å². The Labute approximate surface area is 207 Å². The number of ether oxygens (including phenoxy) is 4. The second kappa shape index (κ2) is 10.4. The number of aromatic nitrogens is 1. The van der Waals surface area contributed by atoms with E-state index in [1.54, 1.807) is 54.7 Å². The number of anilines is 1. The number of amides is 2. The van der Waals surface area contributed by atoms with Gasteiger partial charge in [-0.2, -0.15) is 0 Å². The number of benzene rings is 3. The highest BCUT2D eigenvalue weighted by atomic mass is 19.1. The molecule has 0 saturated carbocycles. The normalized spacial score (nSPS) is 12.2. The summed E-state index contributed by atoms with van der Waals surface area (Å²) in [4.78, 5) is 16.7. The molecule has 0 atom stereocenters. The molecule has 0 aliphatic carbocycles. The van der Waals surface area contributed by atoms with Gasteiger partial charge in [-0.1, -0.05) is 18.2 Å². The average molecular weight is 490 g/mol. The molecule has 2 N–H and O–H groups in total. The van der Waals surface area contributed by atoms with Gasteiger partial charge in [0.05, 0.1) is 17.5 Å². The largest absolute Gasteiger partial charge is 0.490 e. The Hall–Kier alpha value is -4.53. The lowest BCUT2D eigenvalue weighted by Crippen LogP contribution is -2.28. The molecule has 4 aromatic rings. The van der Waals surface area contributed by atoms with E-state index in [2.05, 4.69) is 15.6 Å². The summed E-state index contributed by atoms with van der Waals surface area (Å²) in [7, 11) is 0. The first-order chi connectivity index (χ1) is 17.6. The van der Waals surface area contributed by atoms with Crippen LogP contribution in [-0.2, 0) is 6.54 Å². The lowest BCUT2D eigenvalue weighted by molar-refractivity contribution is 0.165. The number of urea groups is 1. The van der Waals surface area contributed by atoms with Gasteiger partial charge in [-0.25, -0.2) is 9.18 Å². The van der Waals surface area contributed by atoms with E-state index in [1.165, 1.54) is 6.07 Å². The molecule has 0 bridgehead atoms. The summed E-state index contributed by atoms with van der Waals surface area (Å²) < 4.78 is 37.3. The zero-order chi connectivity index (χ0) is 24.9. The van der Waals surface area contributed by atoms with Crippen molar-refractivity contribution in [3.05, 3.63) is 78.2 Å². The summed E-state index contributed by atoms with van der Waals surface area (Å²) in [6.45, 7) is 3.30. The number of rotatable bonds is 7. The van der Waals surface area contributed by atoms with Crippen LogP contribution in [-0.4, -0.2) is 30.8 Å². The van der Waals surface area contributed by atoms with Gasteiger partial charge in [-0.3, -0.25) is 4.98 Å². The highest BCUT2D eigenvalue weighted by Crippen LogP contribution is 2.48. The predicted octanol–water partition coefficient (Wildman–Crippen LogP) is 5.66. The minimum atomic E-state index is -0.444. The molecular formula is C27H24FN3O5. The molecule has 8 nitrogen and oxygen atoms in total. The Morgan fingerprint density at radius 3 is 2.58 bits per heavy atom. The molecule has 0 fully saturated rings. The number of nitrogens with zero attached hydrogens (tertiary/aromatic N) is 1. The standard InChI is InChI=1S/C27H24FN3O5/c1-2-33-23-15-21-24(26-25(23)34-13-14-35-26)22(11-12-29-21)36-19-9-7-18(8-10-19)31-27(32)30-16-17-5-3-4-6-20(17)28/h3-12,15H,2,13-14,16H2,1H3,(H2,30,31,32). The third-order valence-electron chi connectivity index (χ3n) is 5.48. The van der Waals surface area contributed by atoms with Crippen LogP contribution in [0.2, 0.25) is 0 Å². The van der Waals surface area contributed by atoms with Crippen molar-refractivity contribution in [2.24, 2.45) is 0 Å². The van der Waals surface area contributed by atoms with Gasteiger partial charge in [0.25, 0.3) is 0 Å². The van der Waals surface area contributed by atoms with Gasteiger partial charge < -0.3 is 29.6 Å². The fourth-order valence-corrected chi connectivity index (χ4v) is 3.85. The fraction of sp³-hybridized carbons (Fsp3) is 0.185. The molecule has 1 aliphatic rings. The first kappa shape index (κ1) is 23.2. The van der Waals surface area contributed by atoms with Crippen LogP contribution in [0.1, 0.15) is 12.5 Å². The van der Waals surface area contributed by atoms with Crippen molar-refractivity contribution in [2.75, 3.05) is 25.1 Å². The zero-order valence-corrected chi connectivity index (χ0v) is 19.5. The Bertz CT molecular complexity index is 1390. The van der Waals surface area contributed by atoms with Crippen molar-refractivity contribution in [2.45, 2.75) is 13.5 Å². The Balaban J connectivity index is 1.31. The van der Waals surface area contributed by atoms with Gasteiger partial charge in [0, 0.05) is 30.1 Å². The molecule has 0 spiro atoms. The van der Waals surface area contributed by atoms with Gasteiger partial charge in [-0.15, -0.1) is 0 Å².